The van der Waals surface area contributed by atoms with E-state index in [4.69, 9.17) is 0 Å². The highest BCUT2D eigenvalue weighted by molar-refractivity contribution is 5.74. The largest absolute Gasteiger partial charge is 0.368 e. The lowest BCUT2D eigenvalue weighted by molar-refractivity contribution is 0.578. The summed E-state index contributed by atoms with van der Waals surface area (Å²) in [4.78, 5) is 2.44. The lowest BCUT2D eigenvalue weighted by Gasteiger charge is -2.28. The molecule has 0 aliphatic carbocycles. The number of nitrogens with zero attached hydrogens (tertiary/aromatic N) is 2. The molecule has 1 saturated heterocycles. The first-order chi connectivity index (χ1) is 8.45. The standard InChI is InChI=1S/C14H17N3/c1-3-7-12(8-4-1)14-13(11-15-16-14)17-9-5-2-6-10-17/h1,3-4,7-8,11H,2,5-6,9-10H2,(H,15,16). The Morgan fingerprint density at radius 2 is 1.76 bits per heavy atom. The molecule has 0 spiro atoms. The number of aromatic nitrogens is 2. The molecule has 2 aromatic rings. The number of anilines is 1. The van der Waals surface area contributed by atoms with Crippen LogP contribution in [0.1, 0.15) is 19.3 Å². The average molecular weight is 227 g/mol. The van der Waals surface area contributed by atoms with Crippen LogP contribution >= 0.6 is 0 Å². The molecule has 0 radical (unpaired) electrons. The fraction of sp³-hybridized carbons (Fsp3) is 0.357. The molecule has 88 valence electrons. The van der Waals surface area contributed by atoms with E-state index in [-0.39, 0.29) is 0 Å². The highest BCUT2D eigenvalue weighted by Crippen LogP contribution is 2.30. The summed E-state index contributed by atoms with van der Waals surface area (Å²) in [6.45, 7) is 2.30. The quantitative estimate of drug-likeness (QED) is 0.855. The number of aromatic amines is 1. The van der Waals surface area contributed by atoms with Crippen LogP contribution in [0.15, 0.2) is 36.5 Å². The minimum Gasteiger partial charge on any atom is -0.368 e. The molecule has 1 aromatic heterocycles. The molecule has 1 aromatic carbocycles. The molecule has 3 heteroatoms. The van der Waals surface area contributed by atoms with Crippen molar-refractivity contribution in [3.05, 3.63) is 36.5 Å². The Hall–Kier alpha value is -1.77. The van der Waals surface area contributed by atoms with Gasteiger partial charge in [-0.1, -0.05) is 30.3 Å². The number of nitrogens with one attached hydrogen (secondary N) is 1. The van der Waals surface area contributed by atoms with Crippen LogP contribution in [0.3, 0.4) is 0 Å². The van der Waals surface area contributed by atoms with Crippen LogP contribution in [0, 0.1) is 0 Å². The molecule has 0 unspecified atom stereocenters. The summed E-state index contributed by atoms with van der Waals surface area (Å²) in [6.07, 6.45) is 5.89. The highest BCUT2D eigenvalue weighted by atomic mass is 15.2. The van der Waals surface area contributed by atoms with Crippen LogP contribution in [0.2, 0.25) is 0 Å². The van der Waals surface area contributed by atoms with Crippen molar-refractivity contribution < 1.29 is 0 Å². The van der Waals surface area contributed by atoms with Crippen molar-refractivity contribution >= 4 is 5.69 Å². The maximum absolute atomic E-state index is 4.21. The Bertz CT molecular complexity index is 469. The fourth-order valence-corrected chi connectivity index (χ4v) is 2.47. The van der Waals surface area contributed by atoms with E-state index in [1.54, 1.807) is 0 Å². The van der Waals surface area contributed by atoms with Gasteiger partial charge in [-0.05, 0) is 19.3 Å². The van der Waals surface area contributed by atoms with E-state index in [9.17, 15) is 0 Å². The van der Waals surface area contributed by atoms with Gasteiger partial charge in [0.2, 0.25) is 0 Å². The molecule has 2 heterocycles. The highest BCUT2D eigenvalue weighted by Gasteiger charge is 2.16. The van der Waals surface area contributed by atoms with Crippen LogP contribution in [0.5, 0.6) is 0 Å². The molecule has 0 saturated carbocycles. The summed E-state index contributed by atoms with van der Waals surface area (Å²) in [7, 11) is 0. The van der Waals surface area contributed by atoms with Crippen molar-refractivity contribution in [1.29, 1.82) is 0 Å². The first-order valence-electron chi connectivity index (χ1n) is 6.29. The molecule has 1 aliphatic rings. The molecule has 1 fully saturated rings. The van der Waals surface area contributed by atoms with Gasteiger partial charge in [-0.25, -0.2) is 0 Å². The number of H-pyrrole nitrogens is 1. The average Bonchev–Trinajstić information content (AvgIpc) is 2.90. The van der Waals surface area contributed by atoms with Crippen molar-refractivity contribution in [2.24, 2.45) is 0 Å². The first-order valence-corrected chi connectivity index (χ1v) is 6.29. The second-order valence-corrected chi connectivity index (χ2v) is 4.54. The zero-order valence-corrected chi connectivity index (χ0v) is 9.89. The monoisotopic (exact) mass is 227 g/mol. The number of hydrogen-bond acceptors (Lipinski definition) is 2. The predicted molar refractivity (Wildman–Crippen MR) is 70.1 cm³/mol. The second-order valence-electron chi connectivity index (χ2n) is 4.54. The first kappa shape index (κ1) is 10.4. The number of benzene rings is 1. The van der Waals surface area contributed by atoms with E-state index in [1.165, 1.54) is 30.5 Å². The van der Waals surface area contributed by atoms with Crippen LogP contribution in [-0.2, 0) is 0 Å². The third-order valence-corrected chi connectivity index (χ3v) is 3.38. The summed E-state index contributed by atoms with van der Waals surface area (Å²) >= 11 is 0. The van der Waals surface area contributed by atoms with E-state index < -0.39 is 0 Å². The third-order valence-electron chi connectivity index (χ3n) is 3.38. The minimum absolute atomic E-state index is 1.15. The molecule has 1 N–H and O–H groups in total. The van der Waals surface area contributed by atoms with E-state index in [1.807, 2.05) is 12.3 Å². The summed E-state index contributed by atoms with van der Waals surface area (Å²) < 4.78 is 0. The third kappa shape index (κ3) is 2.05. The molecular weight excluding hydrogens is 210 g/mol. The predicted octanol–water partition coefficient (Wildman–Crippen LogP) is 3.07. The summed E-state index contributed by atoms with van der Waals surface area (Å²) in [5.74, 6) is 0. The smallest absolute Gasteiger partial charge is 0.0884 e. The van der Waals surface area contributed by atoms with Crippen LogP contribution in [0.4, 0.5) is 5.69 Å². The van der Waals surface area contributed by atoms with Gasteiger partial charge in [0.05, 0.1) is 17.6 Å². The van der Waals surface area contributed by atoms with Crippen molar-refractivity contribution in [3.8, 4) is 11.3 Å². The molecule has 0 bridgehead atoms. The SMILES string of the molecule is c1ccc(-c2[nH]ncc2N2CCCCC2)cc1. The molecule has 3 nitrogen and oxygen atoms in total. The van der Waals surface area contributed by atoms with Crippen molar-refractivity contribution in [2.75, 3.05) is 18.0 Å². The van der Waals surface area contributed by atoms with Crippen LogP contribution in [-0.4, -0.2) is 23.3 Å². The van der Waals surface area contributed by atoms with Gasteiger partial charge < -0.3 is 4.90 Å². The Kier molecular flexibility index (Phi) is 2.82. The maximum atomic E-state index is 4.21. The van der Waals surface area contributed by atoms with Crippen molar-refractivity contribution in [2.45, 2.75) is 19.3 Å². The Morgan fingerprint density at radius 3 is 2.53 bits per heavy atom. The topological polar surface area (TPSA) is 31.9 Å². The van der Waals surface area contributed by atoms with E-state index in [0.29, 0.717) is 0 Å². The molecule has 17 heavy (non-hydrogen) atoms. The van der Waals surface area contributed by atoms with Gasteiger partial charge in [0.25, 0.3) is 0 Å². The van der Waals surface area contributed by atoms with Gasteiger partial charge in [0.15, 0.2) is 0 Å². The minimum atomic E-state index is 1.15. The molecular formula is C14H17N3. The van der Waals surface area contributed by atoms with E-state index >= 15 is 0 Å². The maximum Gasteiger partial charge on any atom is 0.0884 e. The lowest BCUT2D eigenvalue weighted by atomic mass is 10.1. The van der Waals surface area contributed by atoms with Crippen molar-refractivity contribution in [1.82, 2.24) is 10.2 Å². The Labute approximate surface area is 101 Å². The number of hydrogen-bond donors (Lipinski definition) is 1. The lowest BCUT2D eigenvalue weighted by Crippen LogP contribution is -2.29. The molecule has 1 aliphatic heterocycles. The zero-order chi connectivity index (χ0) is 11.5. The Balaban J connectivity index is 1.93. The van der Waals surface area contributed by atoms with Gasteiger partial charge in [0, 0.05) is 18.7 Å². The Morgan fingerprint density at radius 1 is 1.00 bits per heavy atom. The van der Waals surface area contributed by atoms with Gasteiger partial charge in [-0.2, -0.15) is 5.10 Å². The number of piperidine rings is 1. The van der Waals surface area contributed by atoms with Gasteiger partial charge in [-0.3, -0.25) is 5.10 Å². The molecule has 0 amide bonds. The van der Waals surface area contributed by atoms with E-state index in [0.717, 1.165) is 18.8 Å². The van der Waals surface area contributed by atoms with Gasteiger partial charge in [0.1, 0.15) is 0 Å². The summed E-state index contributed by atoms with van der Waals surface area (Å²) in [5, 5.41) is 7.33. The van der Waals surface area contributed by atoms with Gasteiger partial charge >= 0.3 is 0 Å². The van der Waals surface area contributed by atoms with Gasteiger partial charge in [-0.15, -0.1) is 0 Å². The second kappa shape index (κ2) is 4.62. The van der Waals surface area contributed by atoms with Crippen molar-refractivity contribution in [3.63, 3.8) is 0 Å². The summed E-state index contributed by atoms with van der Waals surface area (Å²) in [6, 6.07) is 10.4. The fourth-order valence-electron chi connectivity index (χ4n) is 2.47. The normalized spacial score (nSPS) is 16.1. The number of rotatable bonds is 2. The van der Waals surface area contributed by atoms with Crippen LogP contribution < -0.4 is 4.90 Å². The summed E-state index contributed by atoms with van der Waals surface area (Å²) in [5.41, 5.74) is 3.61. The molecule has 0 atom stereocenters. The van der Waals surface area contributed by atoms with E-state index in [2.05, 4.69) is 39.4 Å². The van der Waals surface area contributed by atoms with Crippen LogP contribution in [0.25, 0.3) is 11.3 Å². The molecule has 3 rings (SSSR count). The zero-order valence-electron chi connectivity index (χ0n) is 9.89.